The molecule has 0 radical (unpaired) electrons. The number of ether oxygens (including phenoxy) is 1. The zero-order chi connectivity index (χ0) is 16.5. The maximum absolute atomic E-state index is 12.0. The van der Waals surface area contributed by atoms with Gasteiger partial charge in [0, 0.05) is 12.5 Å². The molecule has 1 rings (SSSR count). The molecule has 0 aromatic heterocycles. The minimum Gasteiger partial charge on any atom is -0.494 e. The monoisotopic (exact) mass is 307 g/mol. The first-order chi connectivity index (χ1) is 10.4. The number of amides is 1. The Kier molecular flexibility index (Phi) is 7.43. The summed E-state index contributed by atoms with van der Waals surface area (Å²) in [7, 11) is 0. The van der Waals surface area contributed by atoms with E-state index < -0.39 is 5.97 Å². The molecule has 1 N–H and O–H groups in total. The molecular formula is C17H25NO4. The van der Waals surface area contributed by atoms with E-state index in [0.29, 0.717) is 19.4 Å². The van der Waals surface area contributed by atoms with Crippen molar-refractivity contribution in [1.82, 2.24) is 4.90 Å². The number of carbonyl (C=O) groups is 2. The summed E-state index contributed by atoms with van der Waals surface area (Å²) in [6.07, 6.45) is 1.80. The van der Waals surface area contributed by atoms with E-state index in [4.69, 9.17) is 9.84 Å². The van der Waals surface area contributed by atoms with Crippen LogP contribution in [-0.4, -0.2) is 41.1 Å². The Hall–Kier alpha value is -2.04. The Balaban J connectivity index is 2.28. The maximum atomic E-state index is 12.0. The Morgan fingerprint density at radius 3 is 2.59 bits per heavy atom. The number of benzene rings is 1. The molecule has 0 aliphatic rings. The van der Waals surface area contributed by atoms with Gasteiger partial charge in [-0.2, -0.15) is 0 Å². The van der Waals surface area contributed by atoms with Crippen LogP contribution in [-0.2, 0) is 9.59 Å². The van der Waals surface area contributed by atoms with Crippen LogP contribution < -0.4 is 4.74 Å². The number of carboxylic acid groups (broad SMARTS) is 1. The smallest absolute Gasteiger partial charge is 0.323 e. The van der Waals surface area contributed by atoms with E-state index in [9.17, 15) is 9.59 Å². The second-order valence-corrected chi connectivity index (χ2v) is 5.63. The van der Waals surface area contributed by atoms with Gasteiger partial charge in [-0.05, 0) is 51.3 Å². The summed E-state index contributed by atoms with van der Waals surface area (Å²) in [5.74, 6) is -0.265. The Morgan fingerprint density at radius 2 is 2.00 bits per heavy atom. The number of aliphatic carboxylic acids is 1. The van der Waals surface area contributed by atoms with Gasteiger partial charge < -0.3 is 14.7 Å². The van der Waals surface area contributed by atoms with Gasteiger partial charge in [-0.3, -0.25) is 9.59 Å². The summed E-state index contributed by atoms with van der Waals surface area (Å²) in [6, 6.07) is 7.73. The van der Waals surface area contributed by atoms with Gasteiger partial charge in [-0.15, -0.1) is 0 Å². The number of carboxylic acids is 1. The standard InChI is InChI=1S/C17H25NO4/c1-13(2)18(12-17(20)21)16(19)9-4-5-10-22-15-8-6-7-14(3)11-15/h6-8,11,13H,4-5,9-10,12H2,1-3H3,(H,20,21). The van der Waals surface area contributed by atoms with Gasteiger partial charge in [0.25, 0.3) is 0 Å². The molecule has 0 aliphatic heterocycles. The Morgan fingerprint density at radius 1 is 1.27 bits per heavy atom. The highest BCUT2D eigenvalue weighted by Gasteiger charge is 2.18. The van der Waals surface area contributed by atoms with E-state index in [2.05, 4.69) is 0 Å². The predicted octanol–water partition coefficient (Wildman–Crippen LogP) is 2.87. The van der Waals surface area contributed by atoms with E-state index in [1.807, 2.05) is 45.0 Å². The van der Waals surface area contributed by atoms with E-state index in [1.54, 1.807) is 0 Å². The summed E-state index contributed by atoms with van der Waals surface area (Å²) in [6.45, 7) is 5.96. The molecule has 5 heteroatoms. The molecule has 1 amide bonds. The van der Waals surface area contributed by atoms with Crippen molar-refractivity contribution in [2.45, 2.75) is 46.1 Å². The highest BCUT2D eigenvalue weighted by molar-refractivity contribution is 5.81. The van der Waals surface area contributed by atoms with Crippen molar-refractivity contribution in [2.75, 3.05) is 13.2 Å². The fraction of sp³-hybridized carbons (Fsp3) is 0.529. The molecule has 1 aromatic rings. The lowest BCUT2D eigenvalue weighted by atomic mass is 10.2. The van der Waals surface area contributed by atoms with Crippen molar-refractivity contribution < 1.29 is 19.4 Å². The minimum atomic E-state index is -0.982. The number of nitrogens with zero attached hydrogens (tertiary/aromatic N) is 1. The van der Waals surface area contributed by atoms with Crippen LogP contribution >= 0.6 is 0 Å². The largest absolute Gasteiger partial charge is 0.494 e. The van der Waals surface area contributed by atoms with Crippen molar-refractivity contribution in [1.29, 1.82) is 0 Å². The van der Waals surface area contributed by atoms with E-state index in [-0.39, 0.29) is 18.5 Å². The lowest BCUT2D eigenvalue weighted by molar-refractivity contribution is -0.145. The SMILES string of the molecule is Cc1cccc(OCCCCC(=O)N(CC(=O)O)C(C)C)c1. The Bertz CT molecular complexity index is 499. The summed E-state index contributed by atoms with van der Waals surface area (Å²) in [5.41, 5.74) is 1.15. The average molecular weight is 307 g/mol. The van der Waals surface area contributed by atoms with Gasteiger partial charge in [-0.1, -0.05) is 12.1 Å². The fourth-order valence-corrected chi connectivity index (χ4v) is 2.12. The number of aryl methyl sites for hydroxylation is 1. The molecule has 0 unspecified atom stereocenters. The molecule has 0 saturated heterocycles. The summed E-state index contributed by atoms with van der Waals surface area (Å²) >= 11 is 0. The van der Waals surface area contributed by atoms with Gasteiger partial charge in [0.1, 0.15) is 12.3 Å². The molecule has 5 nitrogen and oxygen atoms in total. The van der Waals surface area contributed by atoms with Crippen LogP contribution in [0.15, 0.2) is 24.3 Å². The van der Waals surface area contributed by atoms with E-state index >= 15 is 0 Å². The lowest BCUT2D eigenvalue weighted by Gasteiger charge is -2.24. The first-order valence-corrected chi connectivity index (χ1v) is 7.61. The summed E-state index contributed by atoms with van der Waals surface area (Å²) < 4.78 is 5.62. The van der Waals surface area contributed by atoms with Crippen molar-refractivity contribution in [3.8, 4) is 5.75 Å². The van der Waals surface area contributed by atoms with Crippen LogP contribution in [0.3, 0.4) is 0 Å². The molecule has 22 heavy (non-hydrogen) atoms. The molecule has 0 heterocycles. The lowest BCUT2D eigenvalue weighted by Crippen LogP contribution is -2.40. The molecule has 0 atom stereocenters. The van der Waals surface area contributed by atoms with Crippen molar-refractivity contribution in [2.24, 2.45) is 0 Å². The van der Waals surface area contributed by atoms with Crippen molar-refractivity contribution >= 4 is 11.9 Å². The molecule has 0 bridgehead atoms. The number of hydrogen-bond donors (Lipinski definition) is 1. The molecule has 0 spiro atoms. The van der Waals surface area contributed by atoms with Gasteiger partial charge in [0.2, 0.25) is 5.91 Å². The zero-order valence-electron chi connectivity index (χ0n) is 13.5. The fourth-order valence-electron chi connectivity index (χ4n) is 2.12. The van der Waals surface area contributed by atoms with E-state index in [1.165, 1.54) is 4.90 Å². The maximum Gasteiger partial charge on any atom is 0.323 e. The molecule has 122 valence electrons. The second-order valence-electron chi connectivity index (χ2n) is 5.63. The Labute approximate surface area is 131 Å². The number of carbonyl (C=O) groups excluding carboxylic acids is 1. The molecule has 0 aliphatic carbocycles. The molecule has 0 fully saturated rings. The normalized spacial score (nSPS) is 10.5. The third-order valence-corrected chi connectivity index (χ3v) is 3.29. The minimum absolute atomic E-state index is 0.104. The predicted molar refractivity (Wildman–Crippen MR) is 85.0 cm³/mol. The van der Waals surface area contributed by atoms with Crippen LogP contribution in [0.4, 0.5) is 0 Å². The zero-order valence-corrected chi connectivity index (χ0v) is 13.5. The highest BCUT2D eigenvalue weighted by Crippen LogP contribution is 2.13. The van der Waals surface area contributed by atoms with Gasteiger partial charge in [0.05, 0.1) is 6.61 Å². The number of unbranched alkanes of at least 4 members (excludes halogenated alkanes) is 1. The van der Waals surface area contributed by atoms with Crippen LogP contribution in [0.25, 0.3) is 0 Å². The van der Waals surface area contributed by atoms with Crippen LogP contribution in [0, 0.1) is 6.92 Å². The summed E-state index contributed by atoms with van der Waals surface area (Å²) in [4.78, 5) is 24.2. The van der Waals surface area contributed by atoms with Gasteiger partial charge in [-0.25, -0.2) is 0 Å². The quantitative estimate of drug-likeness (QED) is 0.712. The topological polar surface area (TPSA) is 66.8 Å². The third-order valence-electron chi connectivity index (χ3n) is 3.29. The molecular weight excluding hydrogens is 282 g/mol. The van der Waals surface area contributed by atoms with E-state index in [0.717, 1.165) is 17.7 Å². The molecule has 0 saturated carbocycles. The molecule has 1 aromatic carbocycles. The van der Waals surface area contributed by atoms with Crippen LogP contribution in [0.2, 0.25) is 0 Å². The van der Waals surface area contributed by atoms with Gasteiger partial charge in [0.15, 0.2) is 0 Å². The van der Waals surface area contributed by atoms with Crippen molar-refractivity contribution in [3.63, 3.8) is 0 Å². The summed E-state index contributed by atoms with van der Waals surface area (Å²) in [5, 5.41) is 8.83. The number of hydrogen-bond acceptors (Lipinski definition) is 3. The first-order valence-electron chi connectivity index (χ1n) is 7.61. The van der Waals surface area contributed by atoms with Crippen LogP contribution in [0.1, 0.15) is 38.7 Å². The first kappa shape index (κ1) is 18.0. The van der Waals surface area contributed by atoms with Crippen molar-refractivity contribution in [3.05, 3.63) is 29.8 Å². The highest BCUT2D eigenvalue weighted by atomic mass is 16.5. The number of rotatable bonds is 9. The van der Waals surface area contributed by atoms with Gasteiger partial charge >= 0.3 is 5.97 Å². The van der Waals surface area contributed by atoms with Crippen LogP contribution in [0.5, 0.6) is 5.75 Å². The second kappa shape index (κ2) is 9.07. The average Bonchev–Trinajstić information content (AvgIpc) is 2.43. The third kappa shape index (κ3) is 6.61.